The summed E-state index contributed by atoms with van der Waals surface area (Å²) >= 11 is 0. The second kappa shape index (κ2) is 5.37. The normalized spacial score (nSPS) is 19.6. The molecule has 2 heterocycles. The molecule has 2 N–H and O–H groups in total. The zero-order valence-corrected chi connectivity index (χ0v) is 12.1. The number of hydrogen-bond donors (Lipinski definition) is 2. The standard InChI is InChI=1S/C16H21N3O/c1-10(2)16-18-13-6-5-11(8-14(13)19-16)15(20)12-4-3-7-17-9-12/h5-6,8,10,12,17H,3-4,7,9H2,1-2H3,(H,18,19). The van der Waals surface area contributed by atoms with Crippen molar-refractivity contribution >= 4 is 16.8 Å². The first-order valence-electron chi connectivity index (χ1n) is 7.40. The van der Waals surface area contributed by atoms with Crippen molar-refractivity contribution in [1.82, 2.24) is 15.3 Å². The number of aromatic nitrogens is 2. The van der Waals surface area contributed by atoms with Gasteiger partial charge in [0.05, 0.1) is 11.0 Å². The molecule has 3 rings (SSSR count). The molecule has 1 aliphatic heterocycles. The quantitative estimate of drug-likeness (QED) is 0.844. The number of nitrogens with one attached hydrogen (secondary N) is 2. The van der Waals surface area contributed by atoms with E-state index < -0.39 is 0 Å². The van der Waals surface area contributed by atoms with Crippen LogP contribution in [0.5, 0.6) is 0 Å². The smallest absolute Gasteiger partial charge is 0.167 e. The maximum atomic E-state index is 12.5. The Hall–Kier alpha value is -1.68. The predicted molar refractivity (Wildman–Crippen MR) is 80.1 cm³/mol. The van der Waals surface area contributed by atoms with E-state index in [1.54, 1.807) is 0 Å². The highest BCUT2D eigenvalue weighted by Gasteiger charge is 2.22. The van der Waals surface area contributed by atoms with Gasteiger partial charge < -0.3 is 10.3 Å². The van der Waals surface area contributed by atoms with Gasteiger partial charge in [-0.3, -0.25) is 4.79 Å². The van der Waals surface area contributed by atoms with Crippen molar-refractivity contribution in [3.05, 3.63) is 29.6 Å². The third kappa shape index (κ3) is 2.48. The van der Waals surface area contributed by atoms with Gasteiger partial charge in [-0.25, -0.2) is 4.98 Å². The second-order valence-corrected chi connectivity index (χ2v) is 5.92. The number of carbonyl (C=O) groups excluding carboxylic acids is 1. The van der Waals surface area contributed by atoms with Crippen LogP contribution in [0.2, 0.25) is 0 Å². The van der Waals surface area contributed by atoms with Crippen LogP contribution in [0.3, 0.4) is 0 Å². The molecule has 1 saturated heterocycles. The van der Waals surface area contributed by atoms with Crippen LogP contribution in [0, 0.1) is 5.92 Å². The highest BCUT2D eigenvalue weighted by molar-refractivity contribution is 6.00. The Kier molecular flexibility index (Phi) is 3.57. The van der Waals surface area contributed by atoms with Gasteiger partial charge in [0.1, 0.15) is 5.82 Å². The number of ketones is 1. The molecule has 1 fully saturated rings. The third-order valence-corrected chi connectivity index (χ3v) is 4.00. The number of imidazole rings is 1. The summed E-state index contributed by atoms with van der Waals surface area (Å²) in [6, 6.07) is 5.80. The number of rotatable bonds is 3. The number of fused-ring (bicyclic) bond motifs is 1. The van der Waals surface area contributed by atoms with Gasteiger partial charge in [0.25, 0.3) is 0 Å². The van der Waals surface area contributed by atoms with Crippen molar-refractivity contribution < 1.29 is 4.79 Å². The van der Waals surface area contributed by atoms with Crippen molar-refractivity contribution in [3.63, 3.8) is 0 Å². The van der Waals surface area contributed by atoms with E-state index in [1.165, 1.54) is 0 Å². The Balaban J connectivity index is 1.89. The minimum atomic E-state index is 0.119. The molecule has 0 bridgehead atoms. The number of hydrogen-bond acceptors (Lipinski definition) is 3. The van der Waals surface area contributed by atoms with Crippen molar-refractivity contribution in [1.29, 1.82) is 0 Å². The molecule has 0 aliphatic carbocycles. The lowest BCUT2D eigenvalue weighted by molar-refractivity contribution is 0.0900. The molecule has 4 nitrogen and oxygen atoms in total. The van der Waals surface area contributed by atoms with Gasteiger partial charge in [-0.05, 0) is 37.6 Å². The Morgan fingerprint density at radius 2 is 2.25 bits per heavy atom. The molecule has 0 saturated carbocycles. The minimum Gasteiger partial charge on any atom is -0.342 e. The minimum absolute atomic E-state index is 0.119. The Morgan fingerprint density at radius 3 is 2.95 bits per heavy atom. The SMILES string of the molecule is CC(C)c1nc2ccc(C(=O)C3CCCNC3)cc2[nH]1. The van der Waals surface area contributed by atoms with E-state index in [0.717, 1.165) is 48.4 Å². The van der Waals surface area contributed by atoms with E-state index in [0.29, 0.717) is 5.92 Å². The average molecular weight is 271 g/mol. The summed E-state index contributed by atoms with van der Waals surface area (Å²) in [5, 5.41) is 3.30. The lowest BCUT2D eigenvalue weighted by Gasteiger charge is -2.21. The summed E-state index contributed by atoms with van der Waals surface area (Å²) in [7, 11) is 0. The van der Waals surface area contributed by atoms with Gasteiger partial charge >= 0.3 is 0 Å². The van der Waals surface area contributed by atoms with Crippen LogP contribution >= 0.6 is 0 Å². The predicted octanol–water partition coefficient (Wildman–Crippen LogP) is 2.87. The molecule has 0 radical (unpaired) electrons. The van der Waals surface area contributed by atoms with E-state index in [2.05, 4.69) is 29.1 Å². The number of Topliss-reactive ketones (excluding diaryl/α,β-unsaturated/α-hetero) is 1. The van der Waals surface area contributed by atoms with E-state index in [1.807, 2.05) is 18.2 Å². The number of benzene rings is 1. The summed E-state index contributed by atoms with van der Waals surface area (Å²) in [6.07, 6.45) is 2.07. The average Bonchev–Trinajstić information content (AvgIpc) is 2.90. The van der Waals surface area contributed by atoms with Crippen molar-refractivity contribution in [2.75, 3.05) is 13.1 Å². The molecule has 4 heteroatoms. The van der Waals surface area contributed by atoms with Crippen molar-refractivity contribution in [2.45, 2.75) is 32.6 Å². The van der Waals surface area contributed by atoms with Gasteiger partial charge in [0.2, 0.25) is 0 Å². The fourth-order valence-corrected chi connectivity index (χ4v) is 2.77. The third-order valence-electron chi connectivity index (χ3n) is 4.00. The number of nitrogens with zero attached hydrogens (tertiary/aromatic N) is 1. The second-order valence-electron chi connectivity index (χ2n) is 5.92. The largest absolute Gasteiger partial charge is 0.342 e. The topological polar surface area (TPSA) is 57.8 Å². The molecule has 1 unspecified atom stereocenters. The van der Waals surface area contributed by atoms with Crippen LogP contribution in [0.1, 0.15) is 48.8 Å². The fraction of sp³-hybridized carbons (Fsp3) is 0.500. The summed E-state index contributed by atoms with van der Waals surface area (Å²) < 4.78 is 0. The molecule has 1 aromatic heterocycles. The molecule has 1 aromatic carbocycles. The first kappa shape index (κ1) is 13.3. The zero-order chi connectivity index (χ0) is 14.1. The van der Waals surface area contributed by atoms with Crippen LogP contribution in [0.4, 0.5) is 0 Å². The monoisotopic (exact) mass is 271 g/mol. The summed E-state index contributed by atoms with van der Waals surface area (Å²) in [5.74, 6) is 1.71. The summed E-state index contributed by atoms with van der Waals surface area (Å²) in [5.41, 5.74) is 2.69. The van der Waals surface area contributed by atoms with Crippen molar-refractivity contribution in [3.8, 4) is 0 Å². The molecular weight excluding hydrogens is 250 g/mol. The van der Waals surface area contributed by atoms with Crippen LogP contribution in [-0.2, 0) is 0 Å². The van der Waals surface area contributed by atoms with Crippen LogP contribution in [0.25, 0.3) is 11.0 Å². The van der Waals surface area contributed by atoms with Crippen LogP contribution in [-0.4, -0.2) is 28.8 Å². The van der Waals surface area contributed by atoms with Crippen molar-refractivity contribution in [2.24, 2.45) is 5.92 Å². The zero-order valence-electron chi connectivity index (χ0n) is 12.1. The molecule has 0 amide bonds. The Morgan fingerprint density at radius 1 is 1.40 bits per heavy atom. The maximum Gasteiger partial charge on any atom is 0.167 e. The van der Waals surface area contributed by atoms with E-state index in [9.17, 15) is 4.79 Å². The molecule has 20 heavy (non-hydrogen) atoms. The summed E-state index contributed by atoms with van der Waals surface area (Å²) in [4.78, 5) is 20.4. The van der Waals surface area contributed by atoms with Gasteiger partial charge in [0, 0.05) is 23.9 Å². The summed E-state index contributed by atoms with van der Waals surface area (Å²) in [6.45, 7) is 6.05. The highest BCUT2D eigenvalue weighted by atomic mass is 16.1. The first-order valence-corrected chi connectivity index (χ1v) is 7.40. The van der Waals surface area contributed by atoms with E-state index in [-0.39, 0.29) is 11.7 Å². The number of piperidine rings is 1. The van der Waals surface area contributed by atoms with Crippen LogP contribution < -0.4 is 5.32 Å². The Bertz CT molecular complexity index is 624. The molecule has 0 spiro atoms. The number of carbonyl (C=O) groups is 1. The van der Waals surface area contributed by atoms with E-state index in [4.69, 9.17) is 0 Å². The highest BCUT2D eigenvalue weighted by Crippen LogP contribution is 2.21. The lowest BCUT2D eigenvalue weighted by atomic mass is 9.91. The first-order chi connectivity index (χ1) is 9.65. The molecule has 2 aromatic rings. The molecule has 1 atom stereocenters. The van der Waals surface area contributed by atoms with Gasteiger partial charge in [-0.2, -0.15) is 0 Å². The van der Waals surface area contributed by atoms with Gasteiger partial charge in [-0.1, -0.05) is 13.8 Å². The Labute approximate surface area is 119 Å². The fourth-order valence-electron chi connectivity index (χ4n) is 2.77. The molecule has 106 valence electrons. The number of aromatic amines is 1. The van der Waals surface area contributed by atoms with Gasteiger partial charge in [0.15, 0.2) is 5.78 Å². The number of H-pyrrole nitrogens is 1. The molecular formula is C16H21N3O. The van der Waals surface area contributed by atoms with Crippen LogP contribution in [0.15, 0.2) is 18.2 Å². The lowest BCUT2D eigenvalue weighted by Crippen LogP contribution is -2.34. The maximum absolute atomic E-state index is 12.5. The van der Waals surface area contributed by atoms with Gasteiger partial charge in [-0.15, -0.1) is 0 Å². The van der Waals surface area contributed by atoms with E-state index >= 15 is 0 Å². The molecule has 1 aliphatic rings.